The topological polar surface area (TPSA) is 67.6 Å². The lowest BCUT2D eigenvalue weighted by Gasteiger charge is -1.91. The Morgan fingerprint density at radius 1 is 1.45 bits per heavy atom. The zero-order chi connectivity index (χ0) is 7.84. The predicted octanol–water partition coefficient (Wildman–Crippen LogP) is 0.679. The summed E-state index contributed by atoms with van der Waals surface area (Å²) in [6.07, 6.45) is 2.49. The number of fused-ring (bicyclic) bond motifs is 1. The highest BCUT2D eigenvalue weighted by molar-refractivity contribution is 5.85. The third-order valence-electron chi connectivity index (χ3n) is 1.45. The highest BCUT2D eigenvalue weighted by Crippen LogP contribution is 2.18. The van der Waals surface area contributed by atoms with Gasteiger partial charge >= 0.3 is 0 Å². The molecule has 3 N–H and O–H groups in total. The Morgan fingerprint density at radius 2 is 2.27 bits per heavy atom. The van der Waals surface area contributed by atoms with E-state index in [-0.39, 0.29) is 11.2 Å². The summed E-state index contributed by atoms with van der Waals surface area (Å²) in [5.74, 6) is -0.258. The number of H-pyrrole nitrogens is 1. The molecule has 0 atom stereocenters. The third-order valence-corrected chi connectivity index (χ3v) is 1.45. The monoisotopic (exact) mass is 152 g/mol. The van der Waals surface area contributed by atoms with E-state index in [9.17, 15) is 4.39 Å². The first-order valence-electron chi connectivity index (χ1n) is 3.02. The smallest absolute Gasteiger partial charge is 0.153 e. The average Bonchev–Trinajstić information content (AvgIpc) is 2.34. The fourth-order valence-corrected chi connectivity index (χ4v) is 0.948. The van der Waals surface area contributed by atoms with Crippen molar-refractivity contribution in [2.45, 2.75) is 0 Å². The second kappa shape index (κ2) is 1.91. The number of hydrogen-bond donors (Lipinski definition) is 2. The van der Waals surface area contributed by atoms with Crippen LogP contribution < -0.4 is 5.73 Å². The van der Waals surface area contributed by atoms with Crippen LogP contribution in [0.1, 0.15) is 0 Å². The number of aromatic amines is 1. The van der Waals surface area contributed by atoms with Crippen molar-refractivity contribution in [2.75, 3.05) is 5.73 Å². The van der Waals surface area contributed by atoms with Gasteiger partial charge in [0.05, 0.1) is 5.39 Å². The molecule has 0 saturated carbocycles. The summed E-state index contributed by atoms with van der Waals surface area (Å²) in [6.45, 7) is 0. The van der Waals surface area contributed by atoms with Crippen LogP contribution in [0.25, 0.3) is 11.0 Å². The third kappa shape index (κ3) is 0.739. The van der Waals surface area contributed by atoms with Crippen LogP contribution in [0.2, 0.25) is 0 Å². The van der Waals surface area contributed by atoms with Crippen molar-refractivity contribution < 1.29 is 4.39 Å². The molecule has 56 valence electrons. The Hall–Kier alpha value is -1.65. The first-order valence-corrected chi connectivity index (χ1v) is 3.02. The number of aromatic nitrogens is 3. The first-order chi connectivity index (χ1) is 5.29. The van der Waals surface area contributed by atoms with Gasteiger partial charge in [0.25, 0.3) is 0 Å². The maximum absolute atomic E-state index is 12.8. The Kier molecular flexibility index (Phi) is 1.06. The van der Waals surface area contributed by atoms with E-state index in [1.54, 1.807) is 0 Å². The number of nitrogens with zero attached hydrogens (tertiary/aromatic N) is 2. The summed E-state index contributed by atoms with van der Waals surface area (Å²) in [5.41, 5.74) is 5.82. The van der Waals surface area contributed by atoms with E-state index in [1.165, 1.54) is 12.5 Å². The average molecular weight is 152 g/mol. The molecule has 0 aliphatic heterocycles. The SMILES string of the molecule is Nc1ncnc2[nH]cc(F)c12. The van der Waals surface area contributed by atoms with Crippen molar-refractivity contribution in [1.29, 1.82) is 0 Å². The van der Waals surface area contributed by atoms with Gasteiger partial charge in [0.15, 0.2) is 5.82 Å². The van der Waals surface area contributed by atoms with E-state index in [1.807, 2.05) is 0 Å². The minimum Gasteiger partial charge on any atom is -0.383 e. The van der Waals surface area contributed by atoms with Crippen LogP contribution in [0.5, 0.6) is 0 Å². The van der Waals surface area contributed by atoms with Crippen LogP contribution >= 0.6 is 0 Å². The van der Waals surface area contributed by atoms with Crippen LogP contribution in [-0.2, 0) is 0 Å². The summed E-state index contributed by atoms with van der Waals surface area (Å²) in [5, 5.41) is 0.257. The Labute approximate surface area is 61.3 Å². The quantitative estimate of drug-likeness (QED) is 0.583. The molecule has 2 heterocycles. The number of nitrogens with one attached hydrogen (secondary N) is 1. The van der Waals surface area contributed by atoms with Crippen molar-refractivity contribution in [1.82, 2.24) is 15.0 Å². The lowest BCUT2D eigenvalue weighted by atomic mass is 10.4. The van der Waals surface area contributed by atoms with E-state index < -0.39 is 5.82 Å². The lowest BCUT2D eigenvalue weighted by Crippen LogP contribution is -1.92. The molecule has 0 amide bonds. The summed E-state index contributed by atoms with van der Waals surface area (Å²) in [6, 6.07) is 0. The van der Waals surface area contributed by atoms with Crippen LogP contribution in [0.15, 0.2) is 12.5 Å². The molecule has 0 fully saturated rings. The minimum absolute atomic E-state index is 0.161. The van der Waals surface area contributed by atoms with Crippen molar-refractivity contribution >= 4 is 16.9 Å². The van der Waals surface area contributed by atoms with Gasteiger partial charge in [-0.15, -0.1) is 0 Å². The first kappa shape index (κ1) is 6.09. The number of rotatable bonds is 0. The van der Waals surface area contributed by atoms with Crippen LogP contribution in [-0.4, -0.2) is 15.0 Å². The number of halogens is 1. The van der Waals surface area contributed by atoms with Crippen LogP contribution in [0, 0.1) is 5.82 Å². The van der Waals surface area contributed by atoms with Gasteiger partial charge in [-0.25, -0.2) is 14.4 Å². The molecular formula is C6H5FN4. The summed E-state index contributed by atoms with van der Waals surface area (Å²) >= 11 is 0. The minimum atomic E-state index is -0.418. The van der Waals surface area contributed by atoms with Gasteiger partial charge in [-0.1, -0.05) is 0 Å². The van der Waals surface area contributed by atoms with Gasteiger partial charge in [-0.2, -0.15) is 0 Å². The molecule has 0 spiro atoms. The second-order valence-corrected chi connectivity index (χ2v) is 2.12. The number of nitrogen functional groups attached to an aromatic ring is 1. The van der Waals surface area contributed by atoms with Gasteiger partial charge in [-0.05, 0) is 0 Å². The normalized spacial score (nSPS) is 10.6. The number of anilines is 1. The standard InChI is InChI=1S/C6H5FN4/c7-3-1-9-6-4(3)5(8)10-2-11-6/h1-2H,(H3,8,9,10,11). The van der Waals surface area contributed by atoms with E-state index in [0.29, 0.717) is 5.65 Å². The van der Waals surface area contributed by atoms with E-state index in [4.69, 9.17) is 5.73 Å². The van der Waals surface area contributed by atoms with Gasteiger partial charge < -0.3 is 10.7 Å². The number of hydrogen-bond acceptors (Lipinski definition) is 3. The predicted molar refractivity (Wildman–Crippen MR) is 38.3 cm³/mol. The summed E-state index contributed by atoms with van der Waals surface area (Å²) < 4.78 is 12.8. The zero-order valence-corrected chi connectivity index (χ0v) is 5.50. The van der Waals surface area contributed by atoms with Gasteiger partial charge in [0, 0.05) is 6.20 Å². The molecule has 0 saturated heterocycles. The maximum Gasteiger partial charge on any atom is 0.153 e. The highest BCUT2D eigenvalue weighted by Gasteiger charge is 2.06. The Morgan fingerprint density at radius 3 is 3.00 bits per heavy atom. The van der Waals surface area contributed by atoms with Crippen LogP contribution in [0.3, 0.4) is 0 Å². The molecule has 0 aliphatic rings. The number of nitrogens with two attached hydrogens (primary N) is 1. The molecule has 2 rings (SSSR count). The molecule has 5 heteroatoms. The van der Waals surface area contributed by atoms with Crippen molar-refractivity contribution in [2.24, 2.45) is 0 Å². The Balaban J connectivity index is 2.96. The summed E-state index contributed by atoms with van der Waals surface area (Å²) in [7, 11) is 0. The molecule has 0 unspecified atom stereocenters. The van der Waals surface area contributed by atoms with Crippen molar-refractivity contribution in [3.05, 3.63) is 18.3 Å². The van der Waals surface area contributed by atoms with Gasteiger partial charge in [-0.3, -0.25) is 0 Å². The Bertz CT molecular complexity index is 394. The lowest BCUT2D eigenvalue weighted by molar-refractivity contribution is 0.639. The molecule has 0 aliphatic carbocycles. The molecular weight excluding hydrogens is 147 g/mol. The molecule has 11 heavy (non-hydrogen) atoms. The summed E-state index contributed by atoms with van der Waals surface area (Å²) in [4.78, 5) is 10.0. The molecule has 4 nitrogen and oxygen atoms in total. The second-order valence-electron chi connectivity index (χ2n) is 2.12. The molecule has 2 aromatic rings. The fourth-order valence-electron chi connectivity index (χ4n) is 0.948. The van der Waals surface area contributed by atoms with Gasteiger partial charge in [0.2, 0.25) is 0 Å². The van der Waals surface area contributed by atoms with Crippen molar-refractivity contribution in [3.8, 4) is 0 Å². The highest BCUT2D eigenvalue weighted by atomic mass is 19.1. The largest absolute Gasteiger partial charge is 0.383 e. The molecule has 2 aromatic heterocycles. The van der Waals surface area contributed by atoms with E-state index in [2.05, 4.69) is 15.0 Å². The molecule has 0 bridgehead atoms. The maximum atomic E-state index is 12.8. The molecule has 0 aromatic carbocycles. The van der Waals surface area contributed by atoms with Crippen LogP contribution in [0.4, 0.5) is 10.2 Å². The van der Waals surface area contributed by atoms with Gasteiger partial charge in [0.1, 0.15) is 17.8 Å². The zero-order valence-electron chi connectivity index (χ0n) is 5.50. The van der Waals surface area contributed by atoms with Crippen molar-refractivity contribution in [3.63, 3.8) is 0 Å². The van der Waals surface area contributed by atoms with E-state index >= 15 is 0 Å². The fraction of sp³-hybridized carbons (Fsp3) is 0. The van der Waals surface area contributed by atoms with E-state index in [0.717, 1.165) is 0 Å². The molecule has 0 radical (unpaired) electrons.